The number of aliphatic hydroxyl groups excluding tert-OH is 1. The molecule has 2 heterocycles. The van der Waals surface area contributed by atoms with Gasteiger partial charge in [0.1, 0.15) is 5.60 Å². The molecule has 0 saturated carbocycles. The maximum absolute atomic E-state index is 11.8. The lowest BCUT2D eigenvalue weighted by Crippen LogP contribution is -2.28. The summed E-state index contributed by atoms with van der Waals surface area (Å²) in [6.07, 6.45) is 0.200. The minimum Gasteiger partial charge on any atom is -0.458 e. The van der Waals surface area contributed by atoms with Crippen molar-refractivity contribution in [2.75, 3.05) is 0 Å². The van der Waals surface area contributed by atoms with Crippen molar-refractivity contribution in [3.63, 3.8) is 0 Å². The number of carbonyl (C=O) groups excluding carboxylic acids is 1. The van der Waals surface area contributed by atoms with Gasteiger partial charge in [-0.1, -0.05) is 0 Å². The average Bonchev–Trinajstić information content (AvgIpc) is 2.69. The van der Waals surface area contributed by atoms with Crippen LogP contribution in [0, 0.1) is 0 Å². The topological polar surface area (TPSA) is 88.1 Å². The van der Waals surface area contributed by atoms with Crippen LogP contribution in [0.1, 0.15) is 32.6 Å². The zero-order chi connectivity index (χ0) is 13.3. The number of rotatable bonds is 2. The molecule has 0 saturated heterocycles. The van der Waals surface area contributed by atoms with Crippen LogP contribution in [-0.4, -0.2) is 31.9 Å². The normalized spacial score (nSPS) is 13.6. The first-order valence-electron chi connectivity index (χ1n) is 5.58. The predicted octanol–water partition coefficient (Wildman–Crippen LogP) is 1.33. The van der Waals surface area contributed by atoms with Crippen LogP contribution < -0.4 is 0 Å². The summed E-state index contributed by atoms with van der Waals surface area (Å²) in [5.41, 5.74) is 0.106. The molecule has 2 N–H and O–H groups in total. The first kappa shape index (κ1) is 12.5. The number of aromatic nitrogens is 3. The number of carbonyl (C=O) groups is 1. The molecule has 0 bridgehead atoms. The first-order valence-corrected chi connectivity index (χ1v) is 5.58. The SMILES string of the molecule is CC(C)(C)OC(=O)[C@@H](O)c1[nH]nc2ncccc12. The molecule has 2 aromatic rings. The van der Waals surface area contributed by atoms with Gasteiger partial charge >= 0.3 is 5.97 Å². The third-order valence-electron chi connectivity index (χ3n) is 2.26. The van der Waals surface area contributed by atoms with Crippen LogP contribution >= 0.6 is 0 Å². The Morgan fingerprint density at radius 3 is 2.89 bits per heavy atom. The second-order valence-corrected chi connectivity index (χ2v) is 4.95. The largest absolute Gasteiger partial charge is 0.458 e. The molecule has 2 rings (SSSR count). The van der Waals surface area contributed by atoms with Crippen molar-refractivity contribution in [2.45, 2.75) is 32.5 Å². The number of nitrogens with one attached hydrogen (secondary N) is 1. The van der Waals surface area contributed by atoms with Crippen LogP contribution in [0.25, 0.3) is 11.0 Å². The maximum Gasteiger partial charge on any atom is 0.341 e. The highest BCUT2D eigenvalue weighted by atomic mass is 16.6. The molecule has 0 aromatic carbocycles. The van der Waals surface area contributed by atoms with E-state index in [1.54, 1.807) is 39.1 Å². The summed E-state index contributed by atoms with van der Waals surface area (Å²) in [5, 5.41) is 17.1. The van der Waals surface area contributed by atoms with Gasteiger partial charge in [0.05, 0.1) is 5.69 Å². The van der Waals surface area contributed by atoms with Crippen molar-refractivity contribution in [3.8, 4) is 0 Å². The summed E-state index contributed by atoms with van der Waals surface area (Å²) < 4.78 is 5.12. The van der Waals surface area contributed by atoms with Gasteiger partial charge in [-0.3, -0.25) is 5.10 Å². The van der Waals surface area contributed by atoms with Crippen molar-refractivity contribution in [1.82, 2.24) is 15.2 Å². The van der Waals surface area contributed by atoms with Gasteiger partial charge in [-0.15, -0.1) is 0 Å². The van der Waals surface area contributed by atoms with Crippen LogP contribution in [-0.2, 0) is 9.53 Å². The van der Waals surface area contributed by atoms with E-state index in [0.29, 0.717) is 16.7 Å². The summed E-state index contributed by atoms with van der Waals surface area (Å²) >= 11 is 0. The van der Waals surface area contributed by atoms with E-state index in [1.807, 2.05) is 0 Å². The zero-order valence-corrected chi connectivity index (χ0v) is 10.5. The first-order chi connectivity index (χ1) is 8.38. The smallest absolute Gasteiger partial charge is 0.341 e. The number of ether oxygens (including phenoxy) is 1. The number of esters is 1. The van der Waals surface area contributed by atoms with Gasteiger partial charge < -0.3 is 9.84 Å². The predicted molar refractivity (Wildman–Crippen MR) is 64.7 cm³/mol. The Kier molecular flexibility index (Phi) is 3.04. The van der Waals surface area contributed by atoms with Crippen LogP contribution in [0.4, 0.5) is 0 Å². The molecule has 6 nitrogen and oxygen atoms in total. The lowest BCUT2D eigenvalue weighted by Gasteiger charge is -2.21. The number of hydrogen-bond donors (Lipinski definition) is 2. The number of pyridine rings is 1. The number of hydrogen-bond acceptors (Lipinski definition) is 5. The van der Waals surface area contributed by atoms with Crippen molar-refractivity contribution < 1.29 is 14.6 Å². The second-order valence-electron chi connectivity index (χ2n) is 4.95. The molecular formula is C12H15N3O3. The molecule has 0 unspecified atom stereocenters. The molecule has 1 atom stereocenters. The minimum atomic E-state index is -1.39. The Hall–Kier alpha value is -1.95. The monoisotopic (exact) mass is 249 g/mol. The lowest BCUT2D eigenvalue weighted by molar-refractivity contribution is -0.165. The Morgan fingerprint density at radius 2 is 2.22 bits per heavy atom. The summed E-state index contributed by atoms with van der Waals surface area (Å²) in [6.45, 7) is 5.22. The maximum atomic E-state index is 11.8. The molecule has 6 heteroatoms. The fourth-order valence-electron chi connectivity index (χ4n) is 1.55. The highest BCUT2D eigenvalue weighted by Crippen LogP contribution is 2.22. The number of nitrogens with zero attached hydrogens (tertiary/aromatic N) is 2. The third kappa shape index (κ3) is 2.48. The van der Waals surface area contributed by atoms with Crippen LogP contribution in [0.3, 0.4) is 0 Å². The molecular weight excluding hydrogens is 234 g/mol. The Bertz CT molecular complexity index is 571. The van der Waals surface area contributed by atoms with Crippen molar-refractivity contribution in [3.05, 3.63) is 24.0 Å². The van der Waals surface area contributed by atoms with E-state index < -0.39 is 17.7 Å². The molecule has 0 aliphatic rings. The van der Waals surface area contributed by atoms with Gasteiger partial charge in [-0.05, 0) is 32.9 Å². The van der Waals surface area contributed by atoms with E-state index in [1.165, 1.54) is 0 Å². The van der Waals surface area contributed by atoms with Gasteiger partial charge in [0, 0.05) is 11.6 Å². The number of H-pyrrole nitrogens is 1. The molecule has 0 aliphatic carbocycles. The van der Waals surface area contributed by atoms with Crippen molar-refractivity contribution in [1.29, 1.82) is 0 Å². The van der Waals surface area contributed by atoms with Gasteiger partial charge in [0.15, 0.2) is 11.8 Å². The minimum absolute atomic E-state index is 0.298. The zero-order valence-electron chi connectivity index (χ0n) is 10.5. The highest BCUT2D eigenvalue weighted by Gasteiger charge is 2.27. The third-order valence-corrected chi connectivity index (χ3v) is 2.26. The molecule has 0 fully saturated rings. The van der Waals surface area contributed by atoms with Crippen LogP contribution in [0.15, 0.2) is 18.3 Å². The van der Waals surface area contributed by atoms with Crippen molar-refractivity contribution >= 4 is 17.0 Å². The van der Waals surface area contributed by atoms with E-state index in [9.17, 15) is 9.90 Å². The average molecular weight is 249 g/mol. The fourth-order valence-corrected chi connectivity index (χ4v) is 1.55. The molecule has 96 valence electrons. The van der Waals surface area contributed by atoms with Gasteiger partial charge in [-0.25, -0.2) is 9.78 Å². The molecule has 2 aromatic heterocycles. The van der Waals surface area contributed by atoms with Gasteiger partial charge in [0.2, 0.25) is 0 Å². The van der Waals surface area contributed by atoms with E-state index in [2.05, 4.69) is 15.2 Å². The summed E-state index contributed by atoms with van der Waals surface area (Å²) in [5.74, 6) is -0.711. The van der Waals surface area contributed by atoms with E-state index in [4.69, 9.17) is 4.74 Å². The second kappa shape index (κ2) is 4.38. The van der Waals surface area contributed by atoms with Crippen molar-refractivity contribution in [2.24, 2.45) is 0 Å². The van der Waals surface area contributed by atoms with E-state index in [-0.39, 0.29) is 0 Å². The summed E-state index contributed by atoms with van der Waals surface area (Å²) in [4.78, 5) is 15.8. The van der Waals surface area contributed by atoms with Crippen LogP contribution in [0.5, 0.6) is 0 Å². The molecule has 18 heavy (non-hydrogen) atoms. The van der Waals surface area contributed by atoms with Gasteiger partial charge in [-0.2, -0.15) is 5.10 Å². The highest BCUT2D eigenvalue weighted by molar-refractivity contribution is 5.85. The molecule has 0 radical (unpaired) electrons. The lowest BCUT2D eigenvalue weighted by atomic mass is 10.1. The summed E-state index contributed by atoms with van der Waals surface area (Å²) in [6, 6.07) is 3.44. The number of fused-ring (bicyclic) bond motifs is 1. The Balaban J connectivity index is 2.28. The molecule has 0 aliphatic heterocycles. The standard InChI is InChI=1S/C12H15N3O3/c1-12(2,3)18-11(17)9(16)8-7-5-4-6-13-10(7)15-14-8/h4-6,9,16H,1-3H3,(H,13,14,15)/t9-/m0/s1. The quantitative estimate of drug-likeness (QED) is 0.784. The number of aliphatic hydroxyl groups is 1. The fraction of sp³-hybridized carbons (Fsp3) is 0.417. The van der Waals surface area contributed by atoms with Crippen LogP contribution in [0.2, 0.25) is 0 Å². The van der Waals surface area contributed by atoms with Gasteiger partial charge in [0.25, 0.3) is 0 Å². The number of aromatic amines is 1. The van der Waals surface area contributed by atoms with E-state index in [0.717, 1.165) is 0 Å². The summed E-state index contributed by atoms with van der Waals surface area (Å²) in [7, 11) is 0. The Labute approximate surface area is 104 Å². The van der Waals surface area contributed by atoms with E-state index >= 15 is 0 Å². The molecule has 0 spiro atoms. The Morgan fingerprint density at radius 1 is 1.50 bits per heavy atom. The molecule has 0 amide bonds.